The number of allylic oxidation sites excluding steroid dienone is 3. The monoisotopic (exact) mass is 354 g/mol. The first-order valence-electron chi connectivity index (χ1n) is 7.87. The maximum atomic E-state index is 12.0. The van der Waals surface area contributed by atoms with Crippen molar-refractivity contribution in [1.29, 1.82) is 0 Å². The normalized spacial score (nSPS) is 20.5. The molecule has 0 unspecified atom stereocenters. The van der Waals surface area contributed by atoms with Crippen molar-refractivity contribution in [3.63, 3.8) is 0 Å². The van der Waals surface area contributed by atoms with Gasteiger partial charge in [-0.2, -0.15) is 5.10 Å². The lowest BCUT2D eigenvalue weighted by molar-refractivity contribution is -0.130. The van der Waals surface area contributed by atoms with Crippen LogP contribution in [0.1, 0.15) is 19.4 Å². The zero-order valence-corrected chi connectivity index (χ0v) is 15.1. The number of rotatable bonds is 3. The molecule has 25 heavy (non-hydrogen) atoms. The minimum absolute atomic E-state index is 0.248. The Bertz CT molecular complexity index is 838. The summed E-state index contributed by atoms with van der Waals surface area (Å²) in [6.45, 7) is 3.94. The molecule has 0 spiro atoms. The Kier molecular flexibility index (Phi) is 5.14. The Morgan fingerprint density at radius 1 is 1.16 bits per heavy atom. The van der Waals surface area contributed by atoms with Crippen molar-refractivity contribution in [3.05, 3.63) is 59.4 Å². The van der Waals surface area contributed by atoms with E-state index in [0.717, 1.165) is 22.2 Å². The third-order valence-corrected chi connectivity index (χ3v) is 4.38. The van der Waals surface area contributed by atoms with Crippen LogP contribution in [-0.4, -0.2) is 40.6 Å². The molecule has 3 rings (SSSR count). The summed E-state index contributed by atoms with van der Waals surface area (Å²) in [4.78, 5) is 20.9. The number of thioether (sulfide) groups is 1. The highest BCUT2D eigenvalue weighted by Crippen LogP contribution is 2.20. The van der Waals surface area contributed by atoms with E-state index in [9.17, 15) is 4.79 Å². The van der Waals surface area contributed by atoms with Gasteiger partial charge in [0.05, 0.1) is 11.4 Å². The highest BCUT2D eigenvalue weighted by atomic mass is 32.2. The van der Waals surface area contributed by atoms with Crippen LogP contribution in [0.25, 0.3) is 0 Å². The summed E-state index contributed by atoms with van der Waals surface area (Å²) in [6.07, 6.45) is 3.37. The molecule has 0 saturated heterocycles. The Morgan fingerprint density at radius 2 is 1.88 bits per heavy atom. The fraction of sp³-hybridized carbons (Fsp3) is 0.222. The first-order chi connectivity index (χ1) is 12.1. The van der Waals surface area contributed by atoms with Crippen molar-refractivity contribution < 1.29 is 9.53 Å². The third kappa shape index (κ3) is 3.88. The molecule has 0 bridgehead atoms. The van der Waals surface area contributed by atoms with Crippen LogP contribution in [0.15, 0.2) is 69.0 Å². The lowest BCUT2D eigenvalue weighted by Crippen LogP contribution is -2.24. The van der Waals surface area contributed by atoms with Gasteiger partial charge in [-0.15, -0.1) is 0 Å². The van der Waals surface area contributed by atoms with Crippen molar-refractivity contribution >= 4 is 34.5 Å². The van der Waals surface area contributed by atoms with Gasteiger partial charge in [-0.25, -0.2) is 19.8 Å². The summed E-state index contributed by atoms with van der Waals surface area (Å²) in [5.74, 6) is 0.753. The predicted octanol–water partition coefficient (Wildman–Crippen LogP) is 3.19. The van der Waals surface area contributed by atoms with E-state index >= 15 is 0 Å². The smallest absolute Gasteiger partial charge is 0.363 e. The number of hydrogen-bond acceptors (Lipinski definition) is 7. The Labute approximate surface area is 150 Å². The van der Waals surface area contributed by atoms with Crippen LogP contribution in [0, 0.1) is 0 Å². The lowest BCUT2D eigenvalue weighted by atomic mass is 10.2. The molecular weight excluding hydrogens is 336 g/mol. The van der Waals surface area contributed by atoms with Crippen LogP contribution < -0.4 is 0 Å². The van der Waals surface area contributed by atoms with Crippen molar-refractivity contribution in [2.75, 3.05) is 12.8 Å². The zero-order chi connectivity index (χ0) is 17.8. The average Bonchev–Trinajstić information content (AvgIpc) is 2.98. The minimum atomic E-state index is -0.467. The number of nitrogens with zero attached hydrogens (tertiary/aromatic N) is 4. The molecule has 128 valence electrons. The molecule has 2 aliphatic rings. The number of benzene rings is 1. The predicted molar refractivity (Wildman–Crippen MR) is 102 cm³/mol. The zero-order valence-electron chi connectivity index (χ0n) is 14.3. The number of esters is 1. The Morgan fingerprint density at radius 3 is 2.60 bits per heavy atom. The molecule has 2 heterocycles. The molecule has 1 aromatic rings. The highest BCUT2D eigenvalue weighted by molar-refractivity contribution is 8.13. The number of aliphatic imine (C=N–C) groups is 2. The lowest BCUT2D eigenvalue weighted by Gasteiger charge is -2.20. The molecule has 0 fully saturated rings. The van der Waals surface area contributed by atoms with Gasteiger partial charge in [0.1, 0.15) is 0 Å². The van der Waals surface area contributed by atoms with Crippen molar-refractivity contribution in [3.8, 4) is 0 Å². The maximum absolute atomic E-state index is 12.0. The van der Waals surface area contributed by atoms with Crippen LogP contribution in [0.2, 0.25) is 0 Å². The van der Waals surface area contributed by atoms with Gasteiger partial charge in [0.25, 0.3) is 0 Å². The van der Waals surface area contributed by atoms with E-state index in [1.807, 2.05) is 44.3 Å². The molecule has 7 heteroatoms. The molecule has 0 N–H and O–H groups in total. The summed E-state index contributed by atoms with van der Waals surface area (Å²) in [5.41, 5.74) is 2.50. The van der Waals surface area contributed by atoms with Gasteiger partial charge >= 0.3 is 5.97 Å². The largest absolute Gasteiger partial charge is 0.402 e. The molecule has 0 aliphatic carbocycles. The van der Waals surface area contributed by atoms with Gasteiger partial charge < -0.3 is 4.74 Å². The number of hydrogen-bond donors (Lipinski definition) is 0. The number of ether oxygens (including phenoxy) is 1. The van der Waals surface area contributed by atoms with Crippen LogP contribution >= 0.6 is 11.8 Å². The van der Waals surface area contributed by atoms with E-state index in [1.54, 1.807) is 28.9 Å². The molecule has 0 amide bonds. The second-order valence-electron chi connectivity index (χ2n) is 5.31. The van der Waals surface area contributed by atoms with Crippen LogP contribution in [0.3, 0.4) is 0 Å². The first kappa shape index (κ1) is 17.2. The van der Waals surface area contributed by atoms with E-state index in [0.29, 0.717) is 11.6 Å². The molecule has 6 nitrogen and oxygen atoms in total. The summed E-state index contributed by atoms with van der Waals surface area (Å²) in [6, 6.07) is 9.33. The van der Waals surface area contributed by atoms with Crippen LogP contribution in [0.5, 0.6) is 0 Å². The number of carbonyl (C=O) groups excluding carboxylic acids is 1. The second kappa shape index (κ2) is 7.48. The number of carbonyl (C=O) groups is 1. The van der Waals surface area contributed by atoms with Gasteiger partial charge in [-0.05, 0) is 37.0 Å². The Balaban J connectivity index is 1.87. The Hall–Kier alpha value is -2.67. The fourth-order valence-electron chi connectivity index (χ4n) is 2.27. The number of cyclic esters (lactones) is 1. The molecule has 2 aliphatic heterocycles. The van der Waals surface area contributed by atoms with Gasteiger partial charge in [0, 0.05) is 12.6 Å². The molecule has 0 radical (unpaired) electrons. The standard InChI is InChI=1S/C18H18N4O2S/c1-4-25-18-20-14(12(2)21-22(18)3)10-11-15-17(23)24-16(19-15)13-8-6-5-7-9-13/h5-11H,4H2,1-3H3/b14-10-,15-11+. The van der Waals surface area contributed by atoms with E-state index in [4.69, 9.17) is 4.74 Å². The maximum Gasteiger partial charge on any atom is 0.363 e. The van der Waals surface area contributed by atoms with E-state index < -0.39 is 5.97 Å². The van der Waals surface area contributed by atoms with Crippen LogP contribution in [-0.2, 0) is 9.53 Å². The molecule has 0 atom stereocenters. The van der Waals surface area contributed by atoms with Crippen molar-refractivity contribution in [1.82, 2.24) is 5.01 Å². The van der Waals surface area contributed by atoms with E-state index in [-0.39, 0.29) is 5.70 Å². The summed E-state index contributed by atoms with van der Waals surface area (Å²) in [7, 11) is 1.87. The van der Waals surface area contributed by atoms with E-state index in [2.05, 4.69) is 22.0 Å². The highest BCUT2D eigenvalue weighted by Gasteiger charge is 2.23. The quantitative estimate of drug-likeness (QED) is 0.618. The third-order valence-electron chi connectivity index (χ3n) is 3.48. The molecule has 1 aromatic carbocycles. The SMILES string of the molecule is CCSC1=N/C(=C\C=C2\N=C(c3ccccc3)OC2=O)C(C)=NN1C. The van der Waals surface area contributed by atoms with Gasteiger partial charge in [-0.3, -0.25) is 0 Å². The summed E-state index contributed by atoms with van der Waals surface area (Å²) < 4.78 is 5.24. The topological polar surface area (TPSA) is 66.6 Å². The first-order valence-corrected chi connectivity index (χ1v) is 8.86. The van der Waals surface area contributed by atoms with Gasteiger partial charge in [-0.1, -0.05) is 36.9 Å². The van der Waals surface area contributed by atoms with Gasteiger partial charge in [0.15, 0.2) is 10.9 Å². The second-order valence-corrected chi connectivity index (χ2v) is 6.54. The van der Waals surface area contributed by atoms with E-state index in [1.165, 1.54) is 0 Å². The number of amidine groups is 1. The average molecular weight is 354 g/mol. The van der Waals surface area contributed by atoms with Gasteiger partial charge in [0.2, 0.25) is 5.90 Å². The summed E-state index contributed by atoms with van der Waals surface area (Å²) >= 11 is 1.61. The molecule has 0 aromatic heterocycles. The molecular formula is C18H18N4O2S. The number of hydrazone groups is 1. The fourth-order valence-corrected chi connectivity index (χ4v) is 2.92. The molecule has 0 saturated carbocycles. The minimum Gasteiger partial charge on any atom is -0.402 e. The van der Waals surface area contributed by atoms with Crippen molar-refractivity contribution in [2.45, 2.75) is 13.8 Å². The van der Waals surface area contributed by atoms with Crippen molar-refractivity contribution in [2.24, 2.45) is 15.1 Å². The summed E-state index contributed by atoms with van der Waals surface area (Å²) in [5, 5.41) is 7.01. The van der Waals surface area contributed by atoms with Crippen LogP contribution in [0.4, 0.5) is 0 Å².